The molecule has 1 aliphatic rings. The summed E-state index contributed by atoms with van der Waals surface area (Å²) in [4.78, 5) is 6.77. The van der Waals surface area contributed by atoms with Crippen molar-refractivity contribution in [2.75, 3.05) is 31.2 Å². The van der Waals surface area contributed by atoms with Crippen molar-refractivity contribution in [3.05, 3.63) is 42.5 Å². The van der Waals surface area contributed by atoms with Crippen LogP contribution in [0.3, 0.4) is 0 Å². The fourth-order valence-corrected chi connectivity index (χ4v) is 3.14. The average Bonchev–Trinajstić information content (AvgIpc) is 3.26. The largest absolute Gasteiger partial charge is 0.423 e. The van der Waals surface area contributed by atoms with Crippen LogP contribution in [0.5, 0.6) is 0 Å². The number of fused-ring (bicyclic) bond motifs is 2. The molecule has 0 atom stereocenters. The molecule has 4 aromatic rings. The van der Waals surface area contributed by atoms with Crippen LogP contribution >= 0.6 is 0 Å². The van der Waals surface area contributed by atoms with E-state index in [0.29, 0.717) is 19.2 Å². The average molecular weight is 320 g/mol. The van der Waals surface area contributed by atoms with Gasteiger partial charge in [0, 0.05) is 24.0 Å². The highest BCUT2D eigenvalue weighted by Gasteiger charge is 2.18. The van der Waals surface area contributed by atoms with Crippen LogP contribution in [0.15, 0.2) is 46.9 Å². The van der Waals surface area contributed by atoms with Gasteiger partial charge in [-0.1, -0.05) is 18.2 Å². The summed E-state index contributed by atoms with van der Waals surface area (Å²) in [6.45, 7) is 3.04. The van der Waals surface area contributed by atoms with Crippen LogP contribution in [-0.2, 0) is 4.74 Å². The fraction of sp³-hybridized carbons (Fsp3) is 0.222. The Balaban J connectivity index is 1.58. The first kappa shape index (κ1) is 13.6. The van der Waals surface area contributed by atoms with E-state index < -0.39 is 0 Å². The van der Waals surface area contributed by atoms with Crippen LogP contribution in [0.4, 0.5) is 6.01 Å². The number of aromatic amines is 1. The Morgan fingerprint density at radius 2 is 1.92 bits per heavy atom. The molecule has 24 heavy (non-hydrogen) atoms. The number of nitrogens with one attached hydrogen (secondary N) is 1. The van der Waals surface area contributed by atoms with E-state index in [0.717, 1.165) is 46.3 Å². The molecule has 1 aliphatic heterocycles. The van der Waals surface area contributed by atoms with Gasteiger partial charge in [0.05, 0.1) is 24.4 Å². The van der Waals surface area contributed by atoms with Crippen molar-refractivity contribution in [1.82, 2.24) is 15.2 Å². The zero-order valence-corrected chi connectivity index (χ0v) is 13.0. The van der Waals surface area contributed by atoms with Crippen LogP contribution in [-0.4, -0.2) is 41.5 Å². The van der Waals surface area contributed by atoms with Crippen molar-refractivity contribution in [1.29, 1.82) is 0 Å². The van der Waals surface area contributed by atoms with Gasteiger partial charge in [0.25, 0.3) is 6.01 Å². The van der Waals surface area contributed by atoms with E-state index >= 15 is 0 Å². The Bertz CT molecular complexity index is 1010. The maximum Gasteiger partial charge on any atom is 0.298 e. The predicted octanol–water partition coefficient (Wildman–Crippen LogP) is 3.21. The summed E-state index contributed by atoms with van der Waals surface area (Å²) in [5.41, 5.74) is 4.63. The quantitative estimate of drug-likeness (QED) is 0.614. The highest BCUT2D eigenvalue weighted by atomic mass is 16.5. The third-order valence-corrected chi connectivity index (χ3v) is 4.40. The van der Waals surface area contributed by atoms with Gasteiger partial charge in [0.1, 0.15) is 5.52 Å². The summed E-state index contributed by atoms with van der Waals surface area (Å²) in [5.74, 6) is 0. The molecule has 0 spiro atoms. The molecule has 1 saturated heterocycles. The van der Waals surface area contributed by atoms with Gasteiger partial charge in [-0.15, -0.1) is 0 Å². The van der Waals surface area contributed by atoms with E-state index in [9.17, 15) is 0 Å². The van der Waals surface area contributed by atoms with Gasteiger partial charge in [0.2, 0.25) is 0 Å². The first-order valence-electron chi connectivity index (χ1n) is 8.05. The lowest BCUT2D eigenvalue weighted by molar-refractivity contribution is 0.120. The number of aromatic nitrogens is 3. The van der Waals surface area contributed by atoms with E-state index in [2.05, 4.69) is 26.1 Å². The molecule has 2 aromatic carbocycles. The molecular weight excluding hydrogens is 304 g/mol. The molecule has 3 heterocycles. The van der Waals surface area contributed by atoms with Crippen LogP contribution in [0, 0.1) is 0 Å². The van der Waals surface area contributed by atoms with Gasteiger partial charge in [-0.3, -0.25) is 5.10 Å². The Hall–Kier alpha value is -2.86. The van der Waals surface area contributed by atoms with E-state index in [1.165, 1.54) is 0 Å². The number of benzene rings is 2. The smallest absolute Gasteiger partial charge is 0.298 e. The minimum atomic E-state index is 0.664. The number of anilines is 1. The highest BCUT2D eigenvalue weighted by molar-refractivity contribution is 5.94. The zero-order chi connectivity index (χ0) is 15.9. The summed E-state index contributed by atoms with van der Waals surface area (Å²) in [7, 11) is 0. The Morgan fingerprint density at radius 3 is 2.83 bits per heavy atom. The van der Waals surface area contributed by atoms with Gasteiger partial charge >= 0.3 is 0 Å². The van der Waals surface area contributed by atoms with Crippen molar-refractivity contribution < 1.29 is 9.15 Å². The monoisotopic (exact) mass is 320 g/mol. The van der Waals surface area contributed by atoms with Crippen LogP contribution in [0.2, 0.25) is 0 Å². The molecule has 0 saturated carbocycles. The molecule has 0 bridgehead atoms. The second-order valence-corrected chi connectivity index (χ2v) is 5.90. The summed E-state index contributed by atoms with van der Waals surface area (Å²) in [6, 6.07) is 14.8. The highest BCUT2D eigenvalue weighted by Crippen LogP contribution is 2.30. The van der Waals surface area contributed by atoms with Gasteiger partial charge in [0.15, 0.2) is 5.58 Å². The van der Waals surface area contributed by atoms with Crippen molar-refractivity contribution in [3.63, 3.8) is 0 Å². The van der Waals surface area contributed by atoms with Crippen LogP contribution in [0.1, 0.15) is 0 Å². The lowest BCUT2D eigenvalue weighted by atomic mass is 10.1. The molecule has 2 aromatic heterocycles. The number of hydrogen-bond acceptors (Lipinski definition) is 5. The second-order valence-electron chi connectivity index (χ2n) is 5.90. The summed E-state index contributed by atoms with van der Waals surface area (Å²) in [6.07, 6.45) is 0. The number of rotatable bonds is 2. The number of H-pyrrole nitrogens is 1. The van der Waals surface area contributed by atoms with Crippen molar-refractivity contribution >= 4 is 28.0 Å². The predicted molar refractivity (Wildman–Crippen MR) is 92.1 cm³/mol. The lowest BCUT2D eigenvalue weighted by Gasteiger charge is -2.24. The van der Waals surface area contributed by atoms with Gasteiger partial charge in [-0.2, -0.15) is 10.1 Å². The molecule has 1 fully saturated rings. The minimum Gasteiger partial charge on any atom is -0.423 e. The van der Waals surface area contributed by atoms with Crippen molar-refractivity contribution in [3.8, 4) is 11.3 Å². The van der Waals surface area contributed by atoms with Crippen LogP contribution < -0.4 is 4.90 Å². The second kappa shape index (κ2) is 5.35. The standard InChI is InChI=1S/C18H16N4O2/c1-2-4-14-13(3-1)17(21-20-14)12-5-6-16-15(11-12)19-18(24-16)22-7-9-23-10-8-22/h1-6,11H,7-10H2,(H,20,21). The topological polar surface area (TPSA) is 67.2 Å². The Kier molecular flexibility index (Phi) is 3.02. The number of para-hydroxylation sites is 1. The maximum absolute atomic E-state index is 5.90. The van der Waals surface area contributed by atoms with Gasteiger partial charge in [-0.05, 0) is 24.3 Å². The number of morpholine rings is 1. The Morgan fingerprint density at radius 1 is 1.04 bits per heavy atom. The summed E-state index contributed by atoms with van der Waals surface area (Å²) >= 11 is 0. The van der Waals surface area contributed by atoms with Gasteiger partial charge in [-0.25, -0.2) is 0 Å². The zero-order valence-electron chi connectivity index (χ0n) is 13.0. The molecule has 1 N–H and O–H groups in total. The molecule has 0 aliphatic carbocycles. The van der Waals surface area contributed by atoms with Gasteiger partial charge < -0.3 is 14.1 Å². The molecule has 0 radical (unpaired) electrons. The Labute approximate surface area is 138 Å². The van der Waals surface area contributed by atoms with Crippen LogP contribution in [0.25, 0.3) is 33.3 Å². The summed E-state index contributed by atoms with van der Waals surface area (Å²) in [5, 5.41) is 8.64. The molecular formula is C18H16N4O2. The third-order valence-electron chi connectivity index (χ3n) is 4.40. The van der Waals surface area contributed by atoms with E-state index in [1.54, 1.807) is 0 Å². The van der Waals surface area contributed by atoms with E-state index in [-0.39, 0.29) is 0 Å². The van der Waals surface area contributed by atoms with E-state index in [1.807, 2.05) is 36.4 Å². The maximum atomic E-state index is 5.90. The molecule has 0 amide bonds. The number of ether oxygens (including phenoxy) is 1. The third kappa shape index (κ3) is 2.15. The SMILES string of the molecule is c1ccc2c(-c3ccc4oc(N5CCOCC5)nc4c3)n[nH]c2c1. The normalized spacial score (nSPS) is 15.4. The minimum absolute atomic E-state index is 0.664. The molecule has 6 heteroatoms. The lowest BCUT2D eigenvalue weighted by Crippen LogP contribution is -2.36. The van der Waals surface area contributed by atoms with E-state index in [4.69, 9.17) is 9.15 Å². The molecule has 5 rings (SSSR count). The number of oxazole rings is 1. The number of nitrogens with zero attached hydrogens (tertiary/aromatic N) is 3. The van der Waals surface area contributed by atoms with Crippen molar-refractivity contribution in [2.45, 2.75) is 0 Å². The molecule has 6 nitrogen and oxygen atoms in total. The first-order valence-corrected chi connectivity index (χ1v) is 8.05. The number of hydrogen-bond donors (Lipinski definition) is 1. The molecule has 120 valence electrons. The van der Waals surface area contributed by atoms with Crippen molar-refractivity contribution in [2.24, 2.45) is 0 Å². The fourth-order valence-electron chi connectivity index (χ4n) is 3.14. The molecule has 0 unspecified atom stereocenters. The summed E-state index contributed by atoms with van der Waals surface area (Å²) < 4.78 is 11.3. The first-order chi connectivity index (χ1) is 11.9.